The molecule has 0 atom stereocenters. The van der Waals surface area contributed by atoms with Gasteiger partial charge in [0, 0.05) is 24.5 Å². The van der Waals surface area contributed by atoms with Gasteiger partial charge in [-0.1, -0.05) is 18.2 Å². The largest absolute Gasteiger partial charge is 0.543 e. The molecule has 0 aliphatic rings. The molecule has 0 unspecified atom stereocenters. The maximum Gasteiger partial charge on any atom is 0.242 e. The van der Waals surface area contributed by atoms with Crippen molar-refractivity contribution in [2.24, 2.45) is 4.99 Å². The zero-order chi connectivity index (χ0) is 15.3. The molecule has 0 amide bonds. The molecule has 110 valence electrons. The first kappa shape index (κ1) is 15.4. The van der Waals surface area contributed by atoms with Crippen molar-refractivity contribution in [1.82, 2.24) is 4.98 Å². The molecule has 0 aliphatic heterocycles. The normalized spacial score (nSPS) is 11.8. The van der Waals surface area contributed by atoms with E-state index >= 15 is 0 Å². The number of pyridine rings is 1. The quantitative estimate of drug-likeness (QED) is 0.599. The zero-order valence-electron chi connectivity index (χ0n) is 13.1. The van der Waals surface area contributed by atoms with Gasteiger partial charge in [0.2, 0.25) is 8.32 Å². The van der Waals surface area contributed by atoms with Crippen molar-refractivity contribution < 1.29 is 4.43 Å². The van der Waals surface area contributed by atoms with Gasteiger partial charge in [0.1, 0.15) is 11.4 Å². The summed E-state index contributed by atoms with van der Waals surface area (Å²) < 4.78 is 6.06. The standard InChI is InChI=1S/C17H22N2OSi/c1-14-9-10-15(19-13-14)11-12-18-16-7-5-6-8-17(16)20-21(2,3)4/h5-10,12-13H,11H2,1-4H3. The zero-order valence-corrected chi connectivity index (χ0v) is 14.1. The van der Waals surface area contributed by atoms with Gasteiger partial charge in [0.15, 0.2) is 0 Å². The van der Waals surface area contributed by atoms with Gasteiger partial charge in [-0.05, 0) is 50.3 Å². The van der Waals surface area contributed by atoms with Gasteiger partial charge >= 0.3 is 0 Å². The van der Waals surface area contributed by atoms with Crippen LogP contribution in [0.15, 0.2) is 47.6 Å². The molecule has 0 spiro atoms. The number of aromatic nitrogens is 1. The summed E-state index contributed by atoms with van der Waals surface area (Å²) in [6, 6.07) is 12.0. The van der Waals surface area contributed by atoms with E-state index in [1.807, 2.05) is 49.7 Å². The Morgan fingerprint density at radius 1 is 1.14 bits per heavy atom. The first-order valence-corrected chi connectivity index (χ1v) is 10.6. The van der Waals surface area contributed by atoms with Crippen LogP contribution < -0.4 is 4.43 Å². The third kappa shape index (κ3) is 5.15. The van der Waals surface area contributed by atoms with Gasteiger partial charge in [0.25, 0.3) is 0 Å². The number of hydrogen-bond acceptors (Lipinski definition) is 3. The van der Waals surface area contributed by atoms with E-state index in [9.17, 15) is 0 Å². The van der Waals surface area contributed by atoms with Crippen molar-refractivity contribution >= 4 is 20.2 Å². The number of para-hydroxylation sites is 2. The van der Waals surface area contributed by atoms with E-state index in [0.29, 0.717) is 0 Å². The van der Waals surface area contributed by atoms with Crippen LogP contribution in [0.5, 0.6) is 5.75 Å². The highest BCUT2D eigenvalue weighted by Gasteiger charge is 2.17. The first-order chi connectivity index (χ1) is 9.94. The average molecular weight is 298 g/mol. The summed E-state index contributed by atoms with van der Waals surface area (Å²) in [5.41, 5.74) is 3.07. The van der Waals surface area contributed by atoms with Gasteiger partial charge in [-0.3, -0.25) is 9.98 Å². The minimum atomic E-state index is -1.63. The number of aliphatic imine (C=N–C) groups is 1. The van der Waals surface area contributed by atoms with Crippen LogP contribution in [0.2, 0.25) is 19.6 Å². The summed E-state index contributed by atoms with van der Waals surface area (Å²) >= 11 is 0. The van der Waals surface area contributed by atoms with Gasteiger partial charge in [-0.25, -0.2) is 0 Å². The first-order valence-electron chi connectivity index (χ1n) is 7.16. The number of rotatable bonds is 5. The van der Waals surface area contributed by atoms with Crippen molar-refractivity contribution in [2.45, 2.75) is 33.0 Å². The molecule has 0 fully saturated rings. The van der Waals surface area contributed by atoms with E-state index in [0.717, 1.165) is 23.6 Å². The Labute approximate surface area is 127 Å². The monoisotopic (exact) mass is 298 g/mol. The summed E-state index contributed by atoms with van der Waals surface area (Å²) in [4.78, 5) is 8.92. The molecule has 0 bridgehead atoms. The van der Waals surface area contributed by atoms with Gasteiger partial charge in [-0.15, -0.1) is 0 Å². The Morgan fingerprint density at radius 3 is 2.57 bits per heavy atom. The van der Waals surface area contributed by atoms with Crippen LogP contribution in [0.1, 0.15) is 11.3 Å². The molecule has 1 heterocycles. The van der Waals surface area contributed by atoms with Crippen LogP contribution in [-0.2, 0) is 6.42 Å². The average Bonchev–Trinajstić information content (AvgIpc) is 2.41. The van der Waals surface area contributed by atoms with Crippen LogP contribution in [0, 0.1) is 6.92 Å². The van der Waals surface area contributed by atoms with Crippen LogP contribution in [0.4, 0.5) is 5.69 Å². The lowest BCUT2D eigenvalue weighted by atomic mass is 10.2. The number of aryl methyl sites for hydroxylation is 1. The third-order valence-electron chi connectivity index (χ3n) is 2.78. The minimum absolute atomic E-state index is 0.724. The number of nitrogens with zero attached hydrogens (tertiary/aromatic N) is 2. The lowest BCUT2D eigenvalue weighted by Gasteiger charge is -2.20. The van der Waals surface area contributed by atoms with E-state index in [2.05, 4.69) is 35.7 Å². The van der Waals surface area contributed by atoms with E-state index in [1.54, 1.807) is 0 Å². The molecule has 2 rings (SSSR count). The molecular formula is C17H22N2OSi. The molecule has 2 aromatic rings. The Balaban J connectivity index is 2.08. The van der Waals surface area contributed by atoms with E-state index < -0.39 is 8.32 Å². The molecule has 0 N–H and O–H groups in total. The summed E-state index contributed by atoms with van der Waals surface area (Å²) in [5.74, 6) is 0.866. The highest BCUT2D eigenvalue weighted by molar-refractivity contribution is 6.70. The molecule has 1 aromatic heterocycles. The second kappa shape index (κ2) is 6.67. The maximum absolute atomic E-state index is 6.06. The second-order valence-corrected chi connectivity index (χ2v) is 10.5. The van der Waals surface area contributed by atoms with Crippen LogP contribution in [0.25, 0.3) is 0 Å². The molecule has 21 heavy (non-hydrogen) atoms. The fourth-order valence-corrected chi connectivity index (χ4v) is 2.67. The SMILES string of the molecule is Cc1ccc(CC=Nc2ccccc2O[Si](C)(C)C)nc1. The van der Waals surface area contributed by atoms with Crippen molar-refractivity contribution in [1.29, 1.82) is 0 Å². The topological polar surface area (TPSA) is 34.5 Å². The summed E-state index contributed by atoms with van der Waals surface area (Å²) in [5, 5.41) is 0. The predicted molar refractivity (Wildman–Crippen MR) is 91.2 cm³/mol. The Morgan fingerprint density at radius 2 is 1.90 bits per heavy atom. The fourth-order valence-electron chi connectivity index (χ4n) is 1.84. The van der Waals surface area contributed by atoms with Crippen molar-refractivity contribution in [3.8, 4) is 5.75 Å². The van der Waals surface area contributed by atoms with Crippen molar-refractivity contribution in [3.05, 3.63) is 53.9 Å². The van der Waals surface area contributed by atoms with Crippen LogP contribution >= 0.6 is 0 Å². The van der Waals surface area contributed by atoms with Crippen molar-refractivity contribution in [2.75, 3.05) is 0 Å². The van der Waals surface area contributed by atoms with Crippen LogP contribution in [0.3, 0.4) is 0 Å². The molecule has 1 aromatic carbocycles. The molecule has 3 nitrogen and oxygen atoms in total. The minimum Gasteiger partial charge on any atom is -0.543 e. The number of benzene rings is 1. The van der Waals surface area contributed by atoms with Crippen molar-refractivity contribution in [3.63, 3.8) is 0 Å². The van der Waals surface area contributed by atoms with E-state index in [4.69, 9.17) is 4.43 Å². The third-order valence-corrected chi connectivity index (χ3v) is 3.62. The smallest absolute Gasteiger partial charge is 0.242 e. The maximum atomic E-state index is 6.06. The summed E-state index contributed by atoms with van der Waals surface area (Å²) in [6.07, 6.45) is 4.50. The van der Waals surface area contributed by atoms with Crippen LogP contribution in [-0.4, -0.2) is 19.5 Å². The molecule has 0 saturated carbocycles. The Kier molecular flexibility index (Phi) is 4.91. The predicted octanol–water partition coefficient (Wildman–Crippen LogP) is 4.55. The summed E-state index contributed by atoms with van der Waals surface area (Å²) in [7, 11) is -1.63. The van der Waals surface area contributed by atoms with Gasteiger partial charge in [-0.2, -0.15) is 0 Å². The highest BCUT2D eigenvalue weighted by atomic mass is 28.4. The molecule has 0 saturated heterocycles. The Bertz CT molecular complexity index is 615. The molecule has 0 aliphatic carbocycles. The highest BCUT2D eigenvalue weighted by Crippen LogP contribution is 2.28. The van der Waals surface area contributed by atoms with E-state index in [-0.39, 0.29) is 0 Å². The molecule has 0 radical (unpaired) electrons. The summed E-state index contributed by atoms with van der Waals surface area (Å²) in [6.45, 7) is 8.55. The lowest BCUT2D eigenvalue weighted by molar-refractivity contribution is 0.559. The van der Waals surface area contributed by atoms with Gasteiger partial charge < -0.3 is 4.43 Å². The fraction of sp³-hybridized carbons (Fsp3) is 0.294. The second-order valence-electron chi connectivity index (χ2n) is 6.02. The van der Waals surface area contributed by atoms with Gasteiger partial charge in [0.05, 0.1) is 0 Å². The number of hydrogen-bond donors (Lipinski definition) is 0. The molecular weight excluding hydrogens is 276 g/mol. The van der Waals surface area contributed by atoms with E-state index in [1.165, 1.54) is 5.56 Å². The Hall–Kier alpha value is -1.94. The molecule has 4 heteroatoms. The lowest BCUT2D eigenvalue weighted by Crippen LogP contribution is -2.29.